The van der Waals surface area contributed by atoms with Gasteiger partial charge in [0, 0.05) is 12.2 Å². The van der Waals surface area contributed by atoms with Gasteiger partial charge in [-0.05, 0) is 31.7 Å². The van der Waals surface area contributed by atoms with Gasteiger partial charge in [0.25, 0.3) is 11.6 Å². The van der Waals surface area contributed by atoms with E-state index in [-0.39, 0.29) is 18.4 Å². The fourth-order valence-electron chi connectivity index (χ4n) is 3.32. The minimum Gasteiger partial charge on any atom is -0.388 e. The Kier molecular flexibility index (Phi) is 4.58. The second-order valence-corrected chi connectivity index (χ2v) is 7.17. The van der Waals surface area contributed by atoms with Crippen LogP contribution in [0, 0.1) is 6.92 Å². The van der Waals surface area contributed by atoms with Crippen molar-refractivity contribution < 1.29 is 14.4 Å². The number of aryl methyl sites for hydroxylation is 1. The van der Waals surface area contributed by atoms with Crippen LogP contribution >= 0.6 is 0 Å². The summed E-state index contributed by atoms with van der Waals surface area (Å²) < 4.78 is 5.25. The van der Waals surface area contributed by atoms with E-state index in [1.165, 1.54) is 0 Å². The van der Waals surface area contributed by atoms with Gasteiger partial charge in [-0.1, -0.05) is 38.3 Å². The summed E-state index contributed by atoms with van der Waals surface area (Å²) in [5.74, 6) is -0.0384. The molecule has 0 radical (unpaired) electrons. The van der Waals surface area contributed by atoms with Gasteiger partial charge >= 0.3 is 0 Å². The van der Waals surface area contributed by atoms with Gasteiger partial charge in [0.05, 0.1) is 22.2 Å². The van der Waals surface area contributed by atoms with Crippen molar-refractivity contribution in [1.82, 2.24) is 15.5 Å². The molecule has 2 aromatic heterocycles. The number of carbonyl (C=O) groups excluding carboxylic acids is 1. The van der Waals surface area contributed by atoms with E-state index >= 15 is 0 Å². The quantitative estimate of drug-likeness (QED) is 0.899. The topological polar surface area (TPSA) is 88.2 Å². The van der Waals surface area contributed by atoms with Crippen LogP contribution in [0.1, 0.15) is 73.6 Å². The molecule has 6 heteroatoms. The van der Waals surface area contributed by atoms with Gasteiger partial charge in [-0.2, -0.15) is 0 Å². The van der Waals surface area contributed by atoms with E-state index in [0.29, 0.717) is 22.4 Å². The number of nitrogens with one attached hydrogen (secondary N) is 1. The third-order valence-corrected chi connectivity index (χ3v) is 4.84. The lowest BCUT2D eigenvalue weighted by atomic mass is 9.85. The standard InChI is InChI=1S/C18H25N3O3/c1-11(2)14-9-13(15-12(3)21-24-17(15)20-14)16(22)19-10-18(23)7-5-4-6-8-18/h9,11,23H,4-8,10H2,1-3H3,(H,19,22). The molecule has 0 aromatic carbocycles. The first kappa shape index (κ1) is 16.9. The fourth-order valence-corrected chi connectivity index (χ4v) is 3.32. The Bertz CT molecular complexity index is 745. The molecule has 130 valence electrons. The minimum atomic E-state index is -0.787. The fraction of sp³-hybridized carbons (Fsp3) is 0.611. The maximum atomic E-state index is 12.7. The number of carbonyl (C=O) groups is 1. The molecule has 2 N–H and O–H groups in total. The minimum absolute atomic E-state index is 0.175. The van der Waals surface area contributed by atoms with E-state index < -0.39 is 5.60 Å². The SMILES string of the molecule is Cc1noc2nc(C(C)C)cc(C(=O)NCC3(O)CCCCC3)c12. The smallest absolute Gasteiger partial charge is 0.259 e. The summed E-state index contributed by atoms with van der Waals surface area (Å²) in [6, 6.07) is 1.80. The van der Waals surface area contributed by atoms with Crippen LogP contribution in [-0.2, 0) is 0 Å². The summed E-state index contributed by atoms with van der Waals surface area (Å²) >= 11 is 0. The molecule has 2 heterocycles. The van der Waals surface area contributed by atoms with Crippen molar-refractivity contribution in [3.8, 4) is 0 Å². The Labute approximate surface area is 141 Å². The third kappa shape index (κ3) is 3.29. The van der Waals surface area contributed by atoms with Crippen LogP contribution in [-0.4, -0.2) is 33.3 Å². The lowest BCUT2D eigenvalue weighted by Crippen LogP contribution is -2.44. The number of rotatable bonds is 4. The van der Waals surface area contributed by atoms with Crippen LogP contribution in [0.2, 0.25) is 0 Å². The Morgan fingerprint density at radius 2 is 2.08 bits per heavy atom. The summed E-state index contributed by atoms with van der Waals surface area (Å²) in [6.45, 7) is 6.11. The zero-order valence-corrected chi connectivity index (χ0v) is 14.6. The van der Waals surface area contributed by atoms with Gasteiger partial charge < -0.3 is 14.9 Å². The van der Waals surface area contributed by atoms with Crippen molar-refractivity contribution in [1.29, 1.82) is 0 Å². The molecule has 0 bridgehead atoms. The first-order chi connectivity index (χ1) is 11.4. The number of fused-ring (bicyclic) bond motifs is 1. The van der Waals surface area contributed by atoms with Crippen molar-refractivity contribution in [2.75, 3.05) is 6.54 Å². The van der Waals surface area contributed by atoms with Crippen LogP contribution in [0.3, 0.4) is 0 Å². The Hall–Kier alpha value is -1.95. The van der Waals surface area contributed by atoms with Crippen molar-refractivity contribution in [3.63, 3.8) is 0 Å². The van der Waals surface area contributed by atoms with Crippen molar-refractivity contribution in [2.45, 2.75) is 64.4 Å². The monoisotopic (exact) mass is 331 g/mol. The number of nitrogens with zero attached hydrogens (tertiary/aromatic N) is 2. The third-order valence-electron chi connectivity index (χ3n) is 4.84. The van der Waals surface area contributed by atoms with Gasteiger partial charge in [0.15, 0.2) is 0 Å². The van der Waals surface area contributed by atoms with Crippen LogP contribution in [0.5, 0.6) is 0 Å². The Morgan fingerprint density at radius 3 is 2.75 bits per heavy atom. The molecular weight excluding hydrogens is 306 g/mol. The molecule has 1 aliphatic carbocycles. The van der Waals surface area contributed by atoms with Crippen LogP contribution < -0.4 is 5.32 Å². The molecule has 1 fully saturated rings. The molecule has 1 aliphatic rings. The molecule has 0 aliphatic heterocycles. The number of aliphatic hydroxyl groups is 1. The Morgan fingerprint density at radius 1 is 1.38 bits per heavy atom. The number of amides is 1. The van der Waals surface area contributed by atoms with Crippen LogP contribution in [0.15, 0.2) is 10.6 Å². The van der Waals surface area contributed by atoms with Crippen LogP contribution in [0.25, 0.3) is 11.1 Å². The normalized spacial score (nSPS) is 17.4. The van der Waals surface area contributed by atoms with Gasteiger partial charge in [-0.15, -0.1) is 0 Å². The molecule has 0 atom stereocenters. The predicted molar refractivity (Wildman–Crippen MR) is 91.0 cm³/mol. The van der Waals surface area contributed by atoms with E-state index in [4.69, 9.17) is 4.52 Å². The summed E-state index contributed by atoms with van der Waals surface area (Å²) in [7, 11) is 0. The van der Waals surface area contributed by atoms with Gasteiger partial charge in [0.1, 0.15) is 0 Å². The summed E-state index contributed by atoms with van der Waals surface area (Å²) in [5.41, 5.74) is 1.56. The number of aromatic nitrogens is 2. The second kappa shape index (κ2) is 6.51. The largest absolute Gasteiger partial charge is 0.388 e. The van der Waals surface area contributed by atoms with E-state index in [0.717, 1.165) is 37.8 Å². The zero-order chi connectivity index (χ0) is 17.3. The molecule has 0 unspecified atom stereocenters. The molecule has 6 nitrogen and oxygen atoms in total. The highest BCUT2D eigenvalue weighted by atomic mass is 16.5. The first-order valence-corrected chi connectivity index (χ1v) is 8.67. The average Bonchev–Trinajstić information content (AvgIpc) is 2.94. The molecule has 3 rings (SSSR count). The number of hydrogen-bond acceptors (Lipinski definition) is 5. The summed E-state index contributed by atoms with van der Waals surface area (Å²) in [4.78, 5) is 17.2. The maximum Gasteiger partial charge on any atom is 0.259 e. The summed E-state index contributed by atoms with van der Waals surface area (Å²) in [6.07, 6.45) is 4.65. The van der Waals surface area contributed by atoms with E-state index in [2.05, 4.69) is 15.5 Å². The van der Waals surface area contributed by atoms with Crippen molar-refractivity contribution in [3.05, 3.63) is 23.0 Å². The maximum absolute atomic E-state index is 12.7. The molecule has 0 spiro atoms. The molecule has 2 aromatic rings. The van der Waals surface area contributed by atoms with E-state index in [1.807, 2.05) is 13.8 Å². The highest BCUT2D eigenvalue weighted by Crippen LogP contribution is 2.28. The molecule has 1 saturated carbocycles. The second-order valence-electron chi connectivity index (χ2n) is 7.17. The lowest BCUT2D eigenvalue weighted by Gasteiger charge is -2.32. The molecule has 0 saturated heterocycles. The highest BCUT2D eigenvalue weighted by molar-refractivity contribution is 6.06. The predicted octanol–water partition coefficient (Wildman–Crippen LogP) is 3.08. The van der Waals surface area contributed by atoms with Gasteiger partial charge in [-0.25, -0.2) is 4.98 Å². The lowest BCUT2D eigenvalue weighted by molar-refractivity contribution is 0.00527. The van der Waals surface area contributed by atoms with Crippen molar-refractivity contribution >= 4 is 17.0 Å². The summed E-state index contributed by atoms with van der Waals surface area (Å²) in [5, 5.41) is 18.1. The molecule has 1 amide bonds. The highest BCUT2D eigenvalue weighted by Gasteiger charge is 2.30. The Balaban J connectivity index is 1.87. The number of pyridine rings is 1. The van der Waals surface area contributed by atoms with E-state index in [9.17, 15) is 9.90 Å². The molecular formula is C18H25N3O3. The van der Waals surface area contributed by atoms with Gasteiger partial charge in [0.2, 0.25) is 0 Å². The zero-order valence-electron chi connectivity index (χ0n) is 14.6. The molecule has 24 heavy (non-hydrogen) atoms. The first-order valence-electron chi connectivity index (χ1n) is 8.67. The van der Waals surface area contributed by atoms with Crippen LogP contribution in [0.4, 0.5) is 0 Å². The van der Waals surface area contributed by atoms with Gasteiger partial charge in [-0.3, -0.25) is 4.79 Å². The average molecular weight is 331 g/mol. The van der Waals surface area contributed by atoms with Crippen molar-refractivity contribution in [2.24, 2.45) is 0 Å². The van der Waals surface area contributed by atoms with E-state index in [1.54, 1.807) is 13.0 Å². The number of hydrogen-bond donors (Lipinski definition) is 2.